The first-order chi connectivity index (χ1) is 11.1. The predicted octanol–water partition coefficient (Wildman–Crippen LogP) is 2.22. The first-order valence-corrected chi connectivity index (χ1v) is 6.89. The van der Waals surface area contributed by atoms with Gasteiger partial charge >= 0.3 is 5.97 Å². The highest BCUT2D eigenvalue weighted by atomic mass is 16.4. The summed E-state index contributed by atoms with van der Waals surface area (Å²) < 4.78 is 0. The van der Waals surface area contributed by atoms with E-state index in [9.17, 15) is 9.90 Å². The normalized spacial score (nSPS) is 9.26. The number of aliphatic hydroxyl groups is 1. The molecule has 0 atom stereocenters. The summed E-state index contributed by atoms with van der Waals surface area (Å²) in [5.74, 6) is 10.1. The SMILES string of the molecule is O=C(O)c1cc(C#Cc2ccccc2C#CCCO)ccc1O. The average molecular weight is 306 g/mol. The Morgan fingerprint density at radius 1 is 1.00 bits per heavy atom. The Morgan fingerprint density at radius 3 is 2.35 bits per heavy atom. The zero-order chi connectivity index (χ0) is 16.7. The fraction of sp³-hybridized carbons (Fsp3) is 0.105. The van der Waals surface area contributed by atoms with Gasteiger partial charge in [-0.1, -0.05) is 35.8 Å². The lowest BCUT2D eigenvalue weighted by Crippen LogP contribution is -1.97. The molecule has 0 saturated carbocycles. The standard InChI is InChI=1S/C19H14O4/c20-12-4-3-7-15-5-1-2-6-16(15)10-8-14-9-11-18(21)17(13-14)19(22)23/h1-2,5-6,9,11,13,20-21H,4,12H2,(H,22,23). The number of aliphatic hydroxyl groups excluding tert-OH is 1. The summed E-state index contributed by atoms with van der Waals surface area (Å²) in [6.45, 7) is 0.00627. The van der Waals surface area contributed by atoms with Crippen molar-refractivity contribution in [2.45, 2.75) is 6.42 Å². The highest BCUT2D eigenvalue weighted by Gasteiger charge is 2.09. The van der Waals surface area contributed by atoms with Gasteiger partial charge in [-0.25, -0.2) is 4.79 Å². The van der Waals surface area contributed by atoms with Crippen LogP contribution in [0.25, 0.3) is 0 Å². The Bertz CT molecular complexity index is 845. The van der Waals surface area contributed by atoms with E-state index in [0.29, 0.717) is 17.5 Å². The van der Waals surface area contributed by atoms with Crippen LogP contribution < -0.4 is 0 Å². The number of carboxylic acids is 1. The lowest BCUT2D eigenvalue weighted by Gasteiger charge is -1.99. The van der Waals surface area contributed by atoms with E-state index in [1.165, 1.54) is 12.1 Å². The molecule has 0 aliphatic carbocycles. The molecule has 0 aromatic heterocycles. The van der Waals surface area contributed by atoms with Crippen molar-refractivity contribution in [3.8, 4) is 29.4 Å². The molecule has 0 saturated heterocycles. The van der Waals surface area contributed by atoms with Crippen molar-refractivity contribution in [1.82, 2.24) is 0 Å². The number of rotatable bonds is 2. The van der Waals surface area contributed by atoms with Crippen LogP contribution in [0.4, 0.5) is 0 Å². The smallest absolute Gasteiger partial charge is 0.339 e. The van der Waals surface area contributed by atoms with Crippen LogP contribution in [0.1, 0.15) is 33.5 Å². The van der Waals surface area contributed by atoms with E-state index in [4.69, 9.17) is 10.2 Å². The minimum Gasteiger partial charge on any atom is -0.507 e. The van der Waals surface area contributed by atoms with Crippen molar-refractivity contribution in [2.75, 3.05) is 6.61 Å². The fourth-order valence-electron chi connectivity index (χ4n) is 1.84. The van der Waals surface area contributed by atoms with Gasteiger partial charge in [0.1, 0.15) is 11.3 Å². The van der Waals surface area contributed by atoms with E-state index >= 15 is 0 Å². The second kappa shape index (κ2) is 7.70. The Balaban J connectivity index is 2.35. The van der Waals surface area contributed by atoms with E-state index in [-0.39, 0.29) is 17.9 Å². The molecule has 114 valence electrons. The molecule has 0 heterocycles. The van der Waals surface area contributed by atoms with Crippen molar-refractivity contribution >= 4 is 5.97 Å². The van der Waals surface area contributed by atoms with Gasteiger partial charge in [0.05, 0.1) is 6.61 Å². The number of aromatic carboxylic acids is 1. The Kier molecular flexibility index (Phi) is 5.41. The van der Waals surface area contributed by atoms with Crippen molar-refractivity contribution in [2.24, 2.45) is 0 Å². The van der Waals surface area contributed by atoms with Crippen LogP contribution in [-0.2, 0) is 0 Å². The van der Waals surface area contributed by atoms with Gasteiger partial charge in [0.15, 0.2) is 0 Å². The maximum absolute atomic E-state index is 11.0. The number of phenols is 1. The zero-order valence-corrected chi connectivity index (χ0v) is 12.2. The molecular weight excluding hydrogens is 292 g/mol. The third-order valence-corrected chi connectivity index (χ3v) is 2.96. The molecule has 3 N–H and O–H groups in total. The summed E-state index contributed by atoms with van der Waals surface area (Å²) in [6.07, 6.45) is 0.391. The molecule has 2 aromatic carbocycles. The van der Waals surface area contributed by atoms with E-state index in [1.54, 1.807) is 6.07 Å². The molecule has 4 nitrogen and oxygen atoms in total. The van der Waals surface area contributed by atoms with Crippen LogP contribution in [0.2, 0.25) is 0 Å². The van der Waals surface area contributed by atoms with Crippen LogP contribution in [0.5, 0.6) is 5.75 Å². The number of aromatic hydroxyl groups is 1. The molecule has 23 heavy (non-hydrogen) atoms. The fourth-order valence-corrected chi connectivity index (χ4v) is 1.84. The first-order valence-electron chi connectivity index (χ1n) is 6.89. The Hall–Kier alpha value is -3.21. The van der Waals surface area contributed by atoms with Gasteiger partial charge in [0.2, 0.25) is 0 Å². The van der Waals surface area contributed by atoms with Crippen LogP contribution in [-0.4, -0.2) is 27.9 Å². The van der Waals surface area contributed by atoms with Gasteiger partial charge in [-0.2, -0.15) is 0 Å². The van der Waals surface area contributed by atoms with Crippen LogP contribution in [0.3, 0.4) is 0 Å². The lowest BCUT2D eigenvalue weighted by molar-refractivity contribution is 0.0693. The molecule has 0 spiro atoms. The first kappa shape index (κ1) is 16.2. The van der Waals surface area contributed by atoms with Crippen molar-refractivity contribution < 1.29 is 20.1 Å². The van der Waals surface area contributed by atoms with Crippen molar-refractivity contribution in [1.29, 1.82) is 0 Å². The number of carbonyl (C=O) groups is 1. The second-order valence-electron chi connectivity index (χ2n) is 4.61. The average Bonchev–Trinajstić information content (AvgIpc) is 2.55. The molecule has 0 aliphatic heterocycles. The highest BCUT2D eigenvalue weighted by molar-refractivity contribution is 5.91. The van der Waals surface area contributed by atoms with E-state index < -0.39 is 5.97 Å². The number of hydrogen-bond donors (Lipinski definition) is 3. The molecule has 0 bridgehead atoms. The summed E-state index contributed by atoms with van der Waals surface area (Å²) in [4.78, 5) is 11.0. The third-order valence-electron chi connectivity index (χ3n) is 2.96. The summed E-state index contributed by atoms with van der Waals surface area (Å²) in [5, 5.41) is 27.2. The molecule has 2 rings (SSSR count). The van der Waals surface area contributed by atoms with Crippen molar-refractivity contribution in [3.63, 3.8) is 0 Å². The van der Waals surface area contributed by atoms with E-state index in [1.807, 2.05) is 24.3 Å². The maximum atomic E-state index is 11.0. The Morgan fingerprint density at radius 2 is 1.70 bits per heavy atom. The van der Waals surface area contributed by atoms with Gasteiger partial charge in [0.25, 0.3) is 0 Å². The molecule has 0 radical (unpaired) electrons. The lowest BCUT2D eigenvalue weighted by atomic mass is 10.1. The zero-order valence-electron chi connectivity index (χ0n) is 12.2. The van der Waals surface area contributed by atoms with Crippen LogP contribution in [0, 0.1) is 23.7 Å². The minimum atomic E-state index is -1.21. The molecule has 0 fully saturated rings. The molecule has 0 aliphatic rings. The summed E-state index contributed by atoms with van der Waals surface area (Å²) in [7, 11) is 0. The predicted molar refractivity (Wildman–Crippen MR) is 86.1 cm³/mol. The molecule has 2 aromatic rings. The largest absolute Gasteiger partial charge is 0.507 e. The summed E-state index contributed by atoms with van der Waals surface area (Å²) in [6, 6.07) is 11.5. The van der Waals surface area contributed by atoms with Crippen LogP contribution in [0.15, 0.2) is 42.5 Å². The minimum absolute atomic E-state index is 0.00627. The summed E-state index contributed by atoms with van der Waals surface area (Å²) in [5.41, 5.74) is 1.75. The van der Waals surface area contributed by atoms with E-state index in [2.05, 4.69) is 23.7 Å². The molecular formula is C19H14O4. The Labute approximate surface area is 134 Å². The van der Waals surface area contributed by atoms with Gasteiger partial charge in [-0.15, -0.1) is 0 Å². The van der Waals surface area contributed by atoms with Gasteiger partial charge < -0.3 is 15.3 Å². The topological polar surface area (TPSA) is 77.8 Å². The number of benzene rings is 2. The van der Waals surface area contributed by atoms with Gasteiger partial charge in [-0.05, 0) is 30.3 Å². The second-order valence-corrected chi connectivity index (χ2v) is 4.61. The van der Waals surface area contributed by atoms with Gasteiger partial charge in [0, 0.05) is 23.1 Å². The molecule has 0 unspecified atom stereocenters. The van der Waals surface area contributed by atoms with Crippen molar-refractivity contribution in [3.05, 3.63) is 64.7 Å². The quantitative estimate of drug-likeness (QED) is 0.744. The molecule has 0 amide bonds. The molecule has 4 heteroatoms. The van der Waals surface area contributed by atoms with E-state index in [0.717, 1.165) is 5.56 Å². The highest BCUT2D eigenvalue weighted by Crippen LogP contribution is 2.18. The number of hydrogen-bond acceptors (Lipinski definition) is 3. The van der Waals surface area contributed by atoms with Crippen LogP contribution >= 0.6 is 0 Å². The monoisotopic (exact) mass is 306 g/mol. The summed E-state index contributed by atoms with van der Waals surface area (Å²) >= 11 is 0. The van der Waals surface area contributed by atoms with Gasteiger partial charge in [-0.3, -0.25) is 0 Å². The maximum Gasteiger partial charge on any atom is 0.339 e. The third kappa shape index (κ3) is 4.38. The number of carboxylic acid groups (broad SMARTS) is 1.